The lowest BCUT2D eigenvalue weighted by Gasteiger charge is -2.49. The van der Waals surface area contributed by atoms with Gasteiger partial charge in [-0.3, -0.25) is 0 Å². The van der Waals surface area contributed by atoms with Crippen molar-refractivity contribution >= 4 is 21.5 Å². The third-order valence-electron chi connectivity index (χ3n) is 14.9. The Morgan fingerprint density at radius 2 is 0.646 bits per heavy atom. The van der Waals surface area contributed by atoms with Crippen molar-refractivity contribution in [2.45, 2.75) is 17.8 Å². The maximum atomic E-state index is 5.79. The van der Waals surface area contributed by atoms with E-state index in [1.807, 2.05) is 0 Å². The first-order valence-electron chi connectivity index (χ1n) is 22.7. The van der Waals surface area contributed by atoms with Gasteiger partial charge in [0, 0.05) is 22.3 Å². The number of fused-ring (bicyclic) bond motifs is 18. The van der Waals surface area contributed by atoms with Crippen molar-refractivity contribution in [1.82, 2.24) is 9.97 Å². The van der Waals surface area contributed by atoms with Gasteiger partial charge in [0.1, 0.15) is 0 Å². The smallest absolute Gasteiger partial charge is 0.160 e. The van der Waals surface area contributed by atoms with Crippen LogP contribution in [0.3, 0.4) is 0 Å². The summed E-state index contributed by atoms with van der Waals surface area (Å²) in [5.74, 6) is 0.717. The van der Waals surface area contributed by atoms with E-state index in [9.17, 15) is 0 Å². The Balaban J connectivity index is 1.16. The first kappa shape index (κ1) is 36.3. The van der Waals surface area contributed by atoms with Gasteiger partial charge in [0.25, 0.3) is 0 Å². The number of nitrogens with zero attached hydrogens (tertiary/aromatic N) is 2. The van der Waals surface area contributed by atoms with Gasteiger partial charge >= 0.3 is 0 Å². The standard InChI is InChI=1S/C63H40N2/c1-39-59(44-35-33-40-17-2-4-19-42(40)37-44)64-61(65-60(39)45-36-34-41-18-3-5-20-43(41)38-45)50-25-16-32-57-58(50)63(53-28-12-8-23-48(53)49-24-9-13-29-54(49)63)56-31-15-14-30-55(56)62(57)51-26-10-6-21-46(51)47-22-7-11-27-52(47)62/h2-38H,1H3. The lowest BCUT2D eigenvalue weighted by atomic mass is 9.51. The molecule has 14 rings (SSSR count). The van der Waals surface area contributed by atoms with Crippen LogP contribution in [0.15, 0.2) is 224 Å². The van der Waals surface area contributed by atoms with Crippen molar-refractivity contribution in [3.05, 3.63) is 275 Å². The third-order valence-corrected chi connectivity index (χ3v) is 14.9. The minimum Gasteiger partial charge on any atom is -0.228 e. The topological polar surface area (TPSA) is 25.8 Å². The molecule has 65 heavy (non-hydrogen) atoms. The lowest BCUT2D eigenvalue weighted by molar-refractivity contribution is 0.634. The van der Waals surface area contributed by atoms with Gasteiger partial charge in [0.2, 0.25) is 0 Å². The summed E-state index contributed by atoms with van der Waals surface area (Å²) in [5, 5.41) is 4.78. The highest BCUT2D eigenvalue weighted by atomic mass is 14.9. The average molecular weight is 825 g/mol. The molecule has 3 aliphatic carbocycles. The SMILES string of the molecule is Cc1c(-c2ccc3ccccc3c2)nc(-c2cccc3c2C2(c4ccccc4-c4ccccc42)c2ccccc2C32c3ccccc3-c3ccccc32)nc1-c1ccc2ccccc2c1. The first-order valence-corrected chi connectivity index (χ1v) is 22.7. The zero-order valence-corrected chi connectivity index (χ0v) is 35.8. The number of rotatable bonds is 3. The summed E-state index contributed by atoms with van der Waals surface area (Å²) in [6, 6.07) is 83.4. The Morgan fingerprint density at radius 1 is 0.292 bits per heavy atom. The molecule has 0 radical (unpaired) electrons. The van der Waals surface area contributed by atoms with Crippen molar-refractivity contribution in [2.24, 2.45) is 0 Å². The van der Waals surface area contributed by atoms with Crippen molar-refractivity contribution < 1.29 is 0 Å². The zero-order valence-electron chi connectivity index (χ0n) is 35.8. The molecule has 0 bridgehead atoms. The van der Waals surface area contributed by atoms with Crippen LogP contribution in [0.5, 0.6) is 0 Å². The highest BCUT2D eigenvalue weighted by Crippen LogP contribution is 2.68. The molecule has 0 aliphatic heterocycles. The Bertz CT molecular complexity index is 3630. The highest BCUT2D eigenvalue weighted by molar-refractivity contribution is 5.97. The van der Waals surface area contributed by atoms with E-state index in [0.717, 1.165) is 33.6 Å². The molecule has 0 unspecified atom stereocenters. The van der Waals surface area contributed by atoms with Gasteiger partial charge in [-0.2, -0.15) is 0 Å². The van der Waals surface area contributed by atoms with E-state index in [1.165, 1.54) is 88.3 Å². The van der Waals surface area contributed by atoms with E-state index in [4.69, 9.17) is 9.97 Å². The molecule has 2 heteroatoms. The van der Waals surface area contributed by atoms with Crippen LogP contribution in [0.4, 0.5) is 0 Å². The normalized spacial score (nSPS) is 14.2. The molecule has 0 saturated carbocycles. The van der Waals surface area contributed by atoms with Crippen LogP contribution in [0.25, 0.3) is 77.7 Å². The van der Waals surface area contributed by atoms with Gasteiger partial charge in [0.15, 0.2) is 5.82 Å². The highest BCUT2D eigenvalue weighted by Gasteiger charge is 2.59. The summed E-state index contributed by atoms with van der Waals surface area (Å²) < 4.78 is 0. The van der Waals surface area contributed by atoms with Crippen LogP contribution in [-0.2, 0) is 10.8 Å². The lowest BCUT2D eigenvalue weighted by Crippen LogP contribution is -2.44. The maximum absolute atomic E-state index is 5.79. The van der Waals surface area contributed by atoms with Crippen molar-refractivity contribution in [3.63, 3.8) is 0 Å². The van der Waals surface area contributed by atoms with Crippen molar-refractivity contribution in [2.75, 3.05) is 0 Å². The maximum Gasteiger partial charge on any atom is 0.160 e. The van der Waals surface area contributed by atoms with Crippen LogP contribution in [0.2, 0.25) is 0 Å². The Morgan fingerprint density at radius 3 is 1.12 bits per heavy atom. The minimum atomic E-state index is -0.687. The van der Waals surface area contributed by atoms with Crippen LogP contribution in [-0.4, -0.2) is 9.97 Å². The Labute approximate surface area is 378 Å². The van der Waals surface area contributed by atoms with E-state index in [0.29, 0.717) is 5.82 Å². The molecule has 2 nitrogen and oxygen atoms in total. The van der Waals surface area contributed by atoms with Gasteiger partial charge in [0.05, 0.1) is 22.2 Å². The van der Waals surface area contributed by atoms with Gasteiger partial charge in [-0.05, 0) is 107 Å². The van der Waals surface area contributed by atoms with E-state index >= 15 is 0 Å². The first-order chi connectivity index (χ1) is 32.2. The molecule has 10 aromatic carbocycles. The van der Waals surface area contributed by atoms with Crippen molar-refractivity contribution in [3.8, 4) is 56.2 Å². The second-order valence-corrected chi connectivity index (χ2v) is 17.9. The van der Waals surface area contributed by atoms with Crippen LogP contribution < -0.4 is 0 Å². The van der Waals surface area contributed by atoms with Crippen LogP contribution in [0.1, 0.15) is 50.1 Å². The largest absolute Gasteiger partial charge is 0.228 e. The van der Waals surface area contributed by atoms with Gasteiger partial charge in [-0.1, -0.05) is 212 Å². The number of aromatic nitrogens is 2. The summed E-state index contributed by atoms with van der Waals surface area (Å²) in [4.78, 5) is 11.6. The average Bonchev–Trinajstić information content (AvgIpc) is 3.84. The quantitative estimate of drug-likeness (QED) is 0.177. The second kappa shape index (κ2) is 13.4. The number of benzene rings is 10. The zero-order chi connectivity index (χ0) is 42.9. The summed E-state index contributed by atoms with van der Waals surface area (Å²) in [7, 11) is 0. The summed E-state index contributed by atoms with van der Waals surface area (Å²) in [6.07, 6.45) is 0. The molecule has 2 spiro atoms. The van der Waals surface area contributed by atoms with E-state index < -0.39 is 10.8 Å². The second-order valence-electron chi connectivity index (χ2n) is 17.9. The third kappa shape index (κ3) is 4.73. The van der Waals surface area contributed by atoms with E-state index in [-0.39, 0.29) is 0 Å². The molecule has 3 aliphatic rings. The fourth-order valence-electron chi connectivity index (χ4n) is 12.4. The molecule has 0 amide bonds. The monoisotopic (exact) mass is 824 g/mol. The Hall–Kier alpha value is -8.20. The molecule has 0 N–H and O–H groups in total. The van der Waals surface area contributed by atoms with Gasteiger partial charge < -0.3 is 0 Å². The molecule has 0 atom stereocenters. The summed E-state index contributed by atoms with van der Waals surface area (Å²) >= 11 is 0. The van der Waals surface area contributed by atoms with E-state index in [1.54, 1.807) is 0 Å². The van der Waals surface area contributed by atoms with Gasteiger partial charge in [-0.25, -0.2) is 9.97 Å². The fraction of sp³-hybridized carbons (Fsp3) is 0.0476. The molecule has 0 saturated heterocycles. The Kier molecular flexibility index (Phi) is 7.49. The molecule has 11 aromatic rings. The minimum absolute atomic E-state index is 0.611. The van der Waals surface area contributed by atoms with Crippen LogP contribution >= 0.6 is 0 Å². The molecule has 1 heterocycles. The molecule has 1 aromatic heterocycles. The molecule has 302 valence electrons. The molecule has 0 fully saturated rings. The van der Waals surface area contributed by atoms with Crippen molar-refractivity contribution in [1.29, 1.82) is 0 Å². The number of hydrogen-bond donors (Lipinski definition) is 0. The predicted molar refractivity (Wildman–Crippen MR) is 266 cm³/mol. The summed E-state index contributed by atoms with van der Waals surface area (Å²) in [6.45, 7) is 2.20. The fourth-order valence-corrected chi connectivity index (χ4v) is 12.4. The van der Waals surface area contributed by atoms with E-state index in [2.05, 4.69) is 231 Å². The molecular formula is C63H40N2. The predicted octanol–water partition coefficient (Wildman–Crippen LogP) is 15.1. The number of hydrogen-bond acceptors (Lipinski definition) is 2. The van der Waals surface area contributed by atoms with Gasteiger partial charge in [-0.15, -0.1) is 0 Å². The summed E-state index contributed by atoms with van der Waals surface area (Å²) in [5.41, 5.74) is 20.2. The molecular weight excluding hydrogens is 785 g/mol. The van der Waals surface area contributed by atoms with Crippen LogP contribution in [0, 0.1) is 6.92 Å².